The summed E-state index contributed by atoms with van der Waals surface area (Å²) in [6.45, 7) is 1.64. The highest BCUT2D eigenvalue weighted by molar-refractivity contribution is 7.97. The molecule has 4 nitrogen and oxygen atoms in total. The summed E-state index contributed by atoms with van der Waals surface area (Å²) in [5, 5.41) is 15.6. The lowest BCUT2D eigenvalue weighted by atomic mass is 10.4. The van der Waals surface area contributed by atoms with Gasteiger partial charge in [-0.2, -0.15) is 16.9 Å². The number of aliphatic hydroxyl groups excluding tert-OH is 1. The molecule has 1 heterocycles. The van der Waals surface area contributed by atoms with Crippen LogP contribution >= 0.6 is 11.8 Å². The summed E-state index contributed by atoms with van der Waals surface area (Å²) in [4.78, 5) is 4.06. The van der Waals surface area contributed by atoms with Gasteiger partial charge in [0.15, 0.2) is 5.82 Å². The highest BCUT2D eigenvalue weighted by atomic mass is 32.2. The van der Waals surface area contributed by atoms with Gasteiger partial charge in [-0.25, -0.2) is 4.98 Å². The van der Waals surface area contributed by atoms with Gasteiger partial charge < -0.3 is 5.11 Å². The summed E-state index contributed by atoms with van der Waals surface area (Å²) in [5.41, 5.74) is 0. The Balaban J connectivity index is 2.66. The molecule has 0 aromatic carbocycles. The van der Waals surface area contributed by atoms with E-state index in [1.807, 2.05) is 6.26 Å². The topological polar surface area (TPSA) is 61.8 Å². The second-order valence-electron chi connectivity index (χ2n) is 2.25. The van der Waals surface area contributed by atoms with Crippen LogP contribution in [-0.4, -0.2) is 26.5 Å². The Kier molecular flexibility index (Phi) is 2.90. The minimum Gasteiger partial charge on any atom is -0.385 e. The van der Waals surface area contributed by atoms with Crippen molar-refractivity contribution in [1.82, 2.24) is 15.2 Å². The van der Waals surface area contributed by atoms with Crippen LogP contribution in [0, 0.1) is 0 Å². The number of thioether (sulfide) groups is 1. The average molecular weight is 173 g/mol. The van der Waals surface area contributed by atoms with E-state index in [1.54, 1.807) is 18.7 Å². The second-order valence-corrected chi connectivity index (χ2v) is 3.12. The van der Waals surface area contributed by atoms with Crippen LogP contribution in [0.2, 0.25) is 0 Å². The molecule has 0 aliphatic heterocycles. The Hall–Kier alpha value is -0.550. The molecule has 2 N–H and O–H groups in total. The maximum atomic E-state index is 9.05. The lowest BCUT2D eigenvalue weighted by Gasteiger charge is -1.93. The van der Waals surface area contributed by atoms with Crippen molar-refractivity contribution in [2.24, 2.45) is 0 Å². The molecule has 0 bridgehead atoms. The Morgan fingerprint density at radius 2 is 2.45 bits per heavy atom. The molecule has 0 saturated carbocycles. The van der Waals surface area contributed by atoms with Gasteiger partial charge in [0.2, 0.25) is 0 Å². The largest absolute Gasteiger partial charge is 0.385 e. The van der Waals surface area contributed by atoms with Crippen molar-refractivity contribution in [3.63, 3.8) is 0 Å². The van der Waals surface area contributed by atoms with E-state index in [9.17, 15) is 0 Å². The standard InChI is InChI=1S/C6H11N3OS/c1-4(10)6-7-5(3-11-2)8-9-6/h4,10H,3H2,1-2H3,(H,7,8,9). The molecule has 62 valence electrons. The SMILES string of the molecule is CSCc1nc(C(C)O)n[nH]1. The lowest BCUT2D eigenvalue weighted by Crippen LogP contribution is -1.93. The van der Waals surface area contributed by atoms with Crippen molar-refractivity contribution in [3.05, 3.63) is 11.6 Å². The maximum Gasteiger partial charge on any atom is 0.178 e. The van der Waals surface area contributed by atoms with Crippen LogP contribution in [0.25, 0.3) is 0 Å². The highest BCUT2D eigenvalue weighted by Crippen LogP contribution is 2.08. The molecule has 0 saturated heterocycles. The summed E-state index contributed by atoms with van der Waals surface area (Å²) in [6.07, 6.45) is 1.41. The van der Waals surface area contributed by atoms with E-state index >= 15 is 0 Å². The van der Waals surface area contributed by atoms with Crippen LogP contribution in [0.1, 0.15) is 24.7 Å². The Morgan fingerprint density at radius 1 is 1.73 bits per heavy atom. The number of aliphatic hydroxyl groups is 1. The van der Waals surface area contributed by atoms with Gasteiger partial charge in [-0.1, -0.05) is 0 Å². The molecule has 11 heavy (non-hydrogen) atoms. The smallest absolute Gasteiger partial charge is 0.178 e. The van der Waals surface area contributed by atoms with Crippen LogP contribution in [-0.2, 0) is 5.75 Å². The summed E-state index contributed by atoms with van der Waals surface area (Å²) >= 11 is 1.66. The first-order valence-corrected chi connectivity index (χ1v) is 4.71. The quantitative estimate of drug-likeness (QED) is 0.707. The van der Waals surface area contributed by atoms with Crippen LogP contribution in [0.4, 0.5) is 0 Å². The van der Waals surface area contributed by atoms with Gasteiger partial charge in [-0.3, -0.25) is 5.10 Å². The number of hydrogen-bond donors (Lipinski definition) is 2. The zero-order chi connectivity index (χ0) is 8.27. The van der Waals surface area contributed by atoms with E-state index in [0.717, 1.165) is 11.6 Å². The predicted molar refractivity (Wildman–Crippen MR) is 44.2 cm³/mol. The van der Waals surface area contributed by atoms with E-state index < -0.39 is 6.10 Å². The van der Waals surface area contributed by atoms with Gasteiger partial charge in [0, 0.05) is 0 Å². The number of nitrogens with zero attached hydrogens (tertiary/aromatic N) is 2. The van der Waals surface area contributed by atoms with Crippen molar-refractivity contribution in [1.29, 1.82) is 0 Å². The molecule has 1 aromatic rings. The van der Waals surface area contributed by atoms with Crippen LogP contribution in [0.5, 0.6) is 0 Å². The fourth-order valence-corrected chi connectivity index (χ4v) is 1.10. The van der Waals surface area contributed by atoms with E-state index in [-0.39, 0.29) is 0 Å². The Labute approximate surface area is 69.4 Å². The van der Waals surface area contributed by atoms with Gasteiger partial charge >= 0.3 is 0 Å². The minimum absolute atomic E-state index is 0.467. The number of rotatable bonds is 3. The molecule has 0 radical (unpaired) electrons. The van der Waals surface area contributed by atoms with Crippen LogP contribution < -0.4 is 0 Å². The van der Waals surface area contributed by atoms with E-state index in [2.05, 4.69) is 15.2 Å². The first-order valence-electron chi connectivity index (χ1n) is 3.32. The molecular weight excluding hydrogens is 162 g/mol. The normalized spacial score (nSPS) is 13.4. The van der Waals surface area contributed by atoms with E-state index in [0.29, 0.717) is 5.82 Å². The van der Waals surface area contributed by atoms with Crippen molar-refractivity contribution >= 4 is 11.8 Å². The summed E-state index contributed by atoms with van der Waals surface area (Å²) in [5.74, 6) is 2.09. The zero-order valence-electron chi connectivity index (χ0n) is 6.53. The monoisotopic (exact) mass is 173 g/mol. The summed E-state index contributed by atoms with van der Waals surface area (Å²) in [6, 6.07) is 0. The van der Waals surface area contributed by atoms with E-state index in [4.69, 9.17) is 5.11 Å². The molecule has 1 rings (SSSR count). The first-order chi connectivity index (χ1) is 5.24. The number of hydrogen-bond acceptors (Lipinski definition) is 4. The summed E-state index contributed by atoms with van der Waals surface area (Å²) < 4.78 is 0. The zero-order valence-corrected chi connectivity index (χ0v) is 7.35. The highest BCUT2D eigenvalue weighted by Gasteiger charge is 2.06. The summed E-state index contributed by atoms with van der Waals surface area (Å²) in [7, 11) is 0. The fraction of sp³-hybridized carbons (Fsp3) is 0.667. The van der Waals surface area contributed by atoms with Crippen molar-refractivity contribution in [2.75, 3.05) is 6.26 Å². The van der Waals surface area contributed by atoms with Crippen molar-refractivity contribution < 1.29 is 5.11 Å². The molecule has 1 unspecified atom stereocenters. The number of H-pyrrole nitrogens is 1. The molecule has 1 atom stereocenters. The minimum atomic E-state index is -0.582. The number of aromatic amines is 1. The van der Waals surface area contributed by atoms with Gasteiger partial charge in [0.1, 0.15) is 11.9 Å². The fourth-order valence-electron chi connectivity index (χ4n) is 0.698. The first kappa shape index (κ1) is 8.55. The van der Waals surface area contributed by atoms with Gasteiger partial charge in [0.25, 0.3) is 0 Å². The molecule has 1 aromatic heterocycles. The Morgan fingerprint density at radius 3 is 2.91 bits per heavy atom. The van der Waals surface area contributed by atoms with Gasteiger partial charge in [0.05, 0.1) is 5.75 Å². The average Bonchev–Trinajstić information content (AvgIpc) is 2.37. The molecule has 0 spiro atoms. The molecule has 0 aliphatic carbocycles. The van der Waals surface area contributed by atoms with E-state index in [1.165, 1.54) is 0 Å². The van der Waals surface area contributed by atoms with Gasteiger partial charge in [-0.15, -0.1) is 0 Å². The molecular formula is C6H11N3OS. The lowest BCUT2D eigenvalue weighted by molar-refractivity contribution is 0.189. The third kappa shape index (κ3) is 2.20. The molecule has 0 amide bonds. The third-order valence-corrected chi connectivity index (χ3v) is 1.77. The maximum absolute atomic E-state index is 9.05. The molecule has 5 heteroatoms. The second kappa shape index (κ2) is 3.73. The molecule has 0 fully saturated rings. The van der Waals surface area contributed by atoms with Crippen molar-refractivity contribution in [3.8, 4) is 0 Å². The van der Waals surface area contributed by atoms with Crippen LogP contribution in [0.3, 0.4) is 0 Å². The number of aromatic nitrogens is 3. The predicted octanol–water partition coefficient (Wildman–Crippen LogP) is 0.721. The third-order valence-electron chi connectivity index (χ3n) is 1.20. The van der Waals surface area contributed by atoms with Gasteiger partial charge in [-0.05, 0) is 13.2 Å². The Bertz CT molecular complexity index is 223. The van der Waals surface area contributed by atoms with Crippen molar-refractivity contribution in [2.45, 2.75) is 18.8 Å². The number of nitrogens with one attached hydrogen (secondary N) is 1. The van der Waals surface area contributed by atoms with Crippen LogP contribution in [0.15, 0.2) is 0 Å². The molecule has 0 aliphatic rings.